The minimum absolute atomic E-state index is 0.774. The molecule has 0 aromatic heterocycles. The topological polar surface area (TPSA) is 12.0 Å². The zero-order valence-electron chi connectivity index (χ0n) is 12.0. The van der Waals surface area contributed by atoms with Crippen LogP contribution in [-0.2, 0) is 0 Å². The van der Waals surface area contributed by atoms with Crippen molar-refractivity contribution in [1.29, 1.82) is 0 Å². The third-order valence-corrected chi connectivity index (χ3v) is 3.61. The molecule has 0 heterocycles. The standard InChI is InChI=1S/C15H33N/c1-5-9-10-11-15(16-12-6-2)13-14(7-3)8-4/h14-16H,5-13H2,1-4H3. The summed E-state index contributed by atoms with van der Waals surface area (Å²) in [5, 5.41) is 3.73. The Morgan fingerprint density at radius 3 is 2.06 bits per heavy atom. The van der Waals surface area contributed by atoms with E-state index in [0.717, 1.165) is 12.0 Å². The quantitative estimate of drug-likeness (QED) is 0.502. The van der Waals surface area contributed by atoms with Crippen molar-refractivity contribution in [2.24, 2.45) is 5.92 Å². The molecule has 0 radical (unpaired) electrons. The lowest BCUT2D eigenvalue weighted by atomic mass is 9.92. The normalized spacial score (nSPS) is 13.3. The van der Waals surface area contributed by atoms with Crippen molar-refractivity contribution in [2.75, 3.05) is 6.54 Å². The highest BCUT2D eigenvalue weighted by Crippen LogP contribution is 2.18. The average molecular weight is 227 g/mol. The molecule has 1 nitrogen and oxygen atoms in total. The molecule has 0 fully saturated rings. The molecule has 0 bridgehead atoms. The molecular formula is C15H33N. The van der Waals surface area contributed by atoms with Gasteiger partial charge in [0.05, 0.1) is 0 Å². The minimum atomic E-state index is 0.774. The molecular weight excluding hydrogens is 194 g/mol. The number of hydrogen-bond donors (Lipinski definition) is 1. The van der Waals surface area contributed by atoms with Gasteiger partial charge in [-0.2, -0.15) is 0 Å². The Morgan fingerprint density at radius 1 is 0.875 bits per heavy atom. The van der Waals surface area contributed by atoms with Crippen molar-refractivity contribution >= 4 is 0 Å². The summed E-state index contributed by atoms with van der Waals surface area (Å²) in [6.07, 6.45) is 10.8. The fourth-order valence-electron chi connectivity index (χ4n) is 2.32. The van der Waals surface area contributed by atoms with E-state index < -0.39 is 0 Å². The summed E-state index contributed by atoms with van der Waals surface area (Å²) in [7, 11) is 0. The molecule has 1 unspecified atom stereocenters. The largest absolute Gasteiger partial charge is 0.314 e. The van der Waals surface area contributed by atoms with Crippen LogP contribution in [0.2, 0.25) is 0 Å². The Morgan fingerprint density at radius 2 is 1.56 bits per heavy atom. The van der Waals surface area contributed by atoms with E-state index in [4.69, 9.17) is 0 Å². The van der Waals surface area contributed by atoms with E-state index >= 15 is 0 Å². The van der Waals surface area contributed by atoms with Crippen molar-refractivity contribution in [3.05, 3.63) is 0 Å². The lowest BCUT2D eigenvalue weighted by Crippen LogP contribution is -2.31. The van der Waals surface area contributed by atoms with Gasteiger partial charge in [0.15, 0.2) is 0 Å². The zero-order chi connectivity index (χ0) is 12.2. The highest BCUT2D eigenvalue weighted by Gasteiger charge is 2.12. The predicted molar refractivity (Wildman–Crippen MR) is 74.9 cm³/mol. The van der Waals surface area contributed by atoms with Crippen LogP contribution < -0.4 is 5.32 Å². The van der Waals surface area contributed by atoms with Crippen molar-refractivity contribution in [3.8, 4) is 0 Å². The molecule has 0 aromatic carbocycles. The molecule has 0 aliphatic carbocycles. The van der Waals surface area contributed by atoms with Crippen LogP contribution in [0.1, 0.15) is 79.1 Å². The number of unbranched alkanes of at least 4 members (excludes halogenated alkanes) is 2. The zero-order valence-corrected chi connectivity index (χ0v) is 12.0. The van der Waals surface area contributed by atoms with E-state index in [9.17, 15) is 0 Å². The lowest BCUT2D eigenvalue weighted by molar-refractivity contribution is 0.344. The monoisotopic (exact) mass is 227 g/mol. The molecule has 1 heteroatoms. The van der Waals surface area contributed by atoms with Gasteiger partial charge in [-0.05, 0) is 31.7 Å². The maximum atomic E-state index is 3.73. The second kappa shape index (κ2) is 11.4. The highest BCUT2D eigenvalue weighted by molar-refractivity contribution is 4.71. The summed E-state index contributed by atoms with van der Waals surface area (Å²) in [6, 6.07) is 0.774. The van der Waals surface area contributed by atoms with Gasteiger partial charge in [0.1, 0.15) is 0 Å². The number of rotatable bonds is 11. The van der Waals surface area contributed by atoms with Gasteiger partial charge in [0.25, 0.3) is 0 Å². The predicted octanol–water partition coefficient (Wildman–Crippen LogP) is 4.76. The minimum Gasteiger partial charge on any atom is -0.314 e. The fourth-order valence-corrected chi connectivity index (χ4v) is 2.32. The SMILES string of the molecule is CCCCCC(CC(CC)CC)NCCC. The van der Waals surface area contributed by atoms with Crippen LogP contribution in [0.4, 0.5) is 0 Å². The molecule has 0 saturated carbocycles. The van der Waals surface area contributed by atoms with E-state index in [-0.39, 0.29) is 0 Å². The average Bonchev–Trinajstić information content (AvgIpc) is 2.32. The first kappa shape index (κ1) is 16.0. The molecule has 0 spiro atoms. The van der Waals surface area contributed by atoms with Crippen molar-refractivity contribution in [2.45, 2.75) is 85.1 Å². The third kappa shape index (κ3) is 8.15. The van der Waals surface area contributed by atoms with Crippen LogP contribution in [0, 0.1) is 5.92 Å². The highest BCUT2D eigenvalue weighted by atomic mass is 14.9. The number of nitrogens with one attached hydrogen (secondary N) is 1. The molecule has 16 heavy (non-hydrogen) atoms. The van der Waals surface area contributed by atoms with Gasteiger partial charge >= 0.3 is 0 Å². The summed E-state index contributed by atoms with van der Waals surface area (Å²) in [5.41, 5.74) is 0. The fraction of sp³-hybridized carbons (Fsp3) is 1.00. The van der Waals surface area contributed by atoms with Gasteiger partial charge in [0, 0.05) is 6.04 Å². The molecule has 0 aliphatic heterocycles. The molecule has 0 saturated heterocycles. The molecule has 0 aliphatic rings. The molecule has 98 valence electrons. The third-order valence-electron chi connectivity index (χ3n) is 3.61. The summed E-state index contributed by atoms with van der Waals surface area (Å²) in [5.74, 6) is 0.927. The Kier molecular flexibility index (Phi) is 11.4. The van der Waals surface area contributed by atoms with E-state index in [1.807, 2.05) is 0 Å². The second-order valence-electron chi connectivity index (χ2n) is 5.07. The maximum absolute atomic E-state index is 3.73. The first-order valence-electron chi connectivity index (χ1n) is 7.51. The smallest absolute Gasteiger partial charge is 0.00696 e. The van der Waals surface area contributed by atoms with Gasteiger partial charge in [-0.1, -0.05) is 59.8 Å². The van der Waals surface area contributed by atoms with Gasteiger partial charge in [0.2, 0.25) is 0 Å². The summed E-state index contributed by atoms with van der Waals surface area (Å²) < 4.78 is 0. The van der Waals surface area contributed by atoms with Gasteiger partial charge in [-0.25, -0.2) is 0 Å². The van der Waals surface area contributed by atoms with Crippen molar-refractivity contribution < 1.29 is 0 Å². The van der Waals surface area contributed by atoms with E-state index in [2.05, 4.69) is 33.0 Å². The van der Waals surface area contributed by atoms with E-state index in [1.54, 1.807) is 0 Å². The maximum Gasteiger partial charge on any atom is 0.00696 e. The van der Waals surface area contributed by atoms with Gasteiger partial charge in [-0.15, -0.1) is 0 Å². The van der Waals surface area contributed by atoms with Gasteiger partial charge < -0.3 is 5.32 Å². The summed E-state index contributed by atoms with van der Waals surface area (Å²) in [4.78, 5) is 0. The van der Waals surface area contributed by atoms with Crippen LogP contribution >= 0.6 is 0 Å². The summed E-state index contributed by atoms with van der Waals surface area (Å²) in [6.45, 7) is 10.4. The van der Waals surface area contributed by atoms with Crippen LogP contribution in [0.15, 0.2) is 0 Å². The first-order chi connectivity index (χ1) is 7.78. The molecule has 1 N–H and O–H groups in total. The Balaban J connectivity index is 3.87. The lowest BCUT2D eigenvalue weighted by Gasteiger charge is -2.23. The Hall–Kier alpha value is -0.0400. The molecule has 0 rings (SSSR count). The van der Waals surface area contributed by atoms with Gasteiger partial charge in [-0.3, -0.25) is 0 Å². The number of hydrogen-bond acceptors (Lipinski definition) is 1. The summed E-state index contributed by atoms with van der Waals surface area (Å²) >= 11 is 0. The van der Waals surface area contributed by atoms with E-state index in [0.29, 0.717) is 0 Å². The van der Waals surface area contributed by atoms with E-state index in [1.165, 1.54) is 57.9 Å². The molecule has 0 amide bonds. The van der Waals surface area contributed by atoms with Crippen LogP contribution in [0.3, 0.4) is 0 Å². The Bertz CT molecular complexity index is 129. The van der Waals surface area contributed by atoms with Crippen LogP contribution in [0.5, 0.6) is 0 Å². The van der Waals surface area contributed by atoms with Crippen molar-refractivity contribution in [3.63, 3.8) is 0 Å². The Labute approximate surface area is 103 Å². The molecule has 0 aromatic rings. The second-order valence-corrected chi connectivity index (χ2v) is 5.07. The van der Waals surface area contributed by atoms with Crippen molar-refractivity contribution in [1.82, 2.24) is 5.32 Å². The van der Waals surface area contributed by atoms with Crippen LogP contribution in [-0.4, -0.2) is 12.6 Å². The first-order valence-corrected chi connectivity index (χ1v) is 7.51. The van der Waals surface area contributed by atoms with Crippen LogP contribution in [0.25, 0.3) is 0 Å². The molecule has 1 atom stereocenters.